The number of ether oxygens (including phenoxy) is 2. The summed E-state index contributed by atoms with van der Waals surface area (Å²) >= 11 is 0. The van der Waals surface area contributed by atoms with E-state index in [9.17, 15) is 0 Å². The van der Waals surface area contributed by atoms with Gasteiger partial charge in [0, 0.05) is 17.1 Å². The number of rotatable bonds is 3. The van der Waals surface area contributed by atoms with E-state index in [1.54, 1.807) is 20.4 Å². The molecule has 0 bridgehead atoms. The normalized spacial score (nSPS) is 10.5. The van der Waals surface area contributed by atoms with Crippen LogP contribution in [0.15, 0.2) is 54.7 Å². The van der Waals surface area contributed by atoms with Gasteiger partial charge in [-0.1, -0.05) is 24.3 Å². The third-order valence-electron chi connectivity index (χ3n) is 3.32. The van der Waals surface area contributed by atoms with Crippen molar-refractivity contribution in [2.75, 3.05) is 14.2 Å². The van der Waals surface area contributed by atoms with Gasteiger partial charge in [0.15, 0.2) is 11.5 Å². The Bertz CT molecular complexity index is 753. The fourth-order valence-corrected chi connectivity index (χ4v) is 2.36. The Labute approximate surface area is 117 Å². The van der Waals surface area contributed by atoms with E-state index < -0.39 is 0 Å². The van der Waals surface area contributed by atoms with Gasteiger partial charge < -0.3 is 9.47 Å². The van der Waals surface area contributed by atoms with Crippen molar-refractivity contribution in [1.82, 2.24) is 4.98 Å². The minimum atomic E-state index is 0.733. The van der Waals surface area contributed by atoms with Crippen molar-refractivity contribution < 1.29 is 9.47 Å². The van der Waals surface area contributed by atoms with Gasteiger partial charge in [0.05, 0.1) is 19.7 Å². The van der Waals surface area contributed by atoms with E-state index >= 15 is 0 Å². The molecule has 3 aromatic rings. The maximum Gasteiger partial charge on any atom is 0.168 e. The number of hydrogen-bond donors (Lipinski definition) is 0. The number of fused-ring (bicyclic) bond motifs is 1. The van der Waals surface area contributed by atoms with Crippen LogP contribution in [-0.2, 0) is 0 Å². The Hall–Kier alpha value is -2.55. The van der Waals surface area contributed by atoms with Gasteiger partial charge in [-0.15, -0.1) is 0 Å². The van der Waals surface area contributed by atoms with Crippen LogP contribution in [0.3, 0.4) is 0 Å². The summed E-state index contributed by atoms with van der Waals surface area (Å²) in [6.07, 6.45) is 1.80. The molecule has 3 nitrogen and oxygen atoms in total. The summed E-state index contributed by atoms with van der Waals surface area (Å²) in [5.74, 6) is 1.48. The largest absolute Gasteiger partial charge is 0.493 e. The molecule has 0 amide bonds. The van der Waals surface area contributed by atoms with Crippen LogP contribution in [0.2, 0.25) is 0 Å². The molecule has 0 atom stereocenters. The zero-order valence-corrected chi connectivity index (χ0v) is 11.5. The molecule has 0 spiro atoms. The molecular formula is C17H15NO2. The van der Waals surface area contributed by atoms with E-state index in [1.807, 2.05) is 36.4 Å². The highest BCUT2D eigenvalue weighted by molar-refractivity contribution is 5.86. The molecule has 2 aromatic carbocycles. The predicted molar refractivity (Wildman–Crippen MR) is 80.3 cm³/mol. The molecule has 100 valence electrons. The van der Waals surface area contributed by atoms with Crippen LogP contribution in [0.5, 0.6) is 11.5 Å². The van der Waals surface area contributed by atoms with E-state index in [4.69, 9.17) is 9.47 Å². The van der Waals surface area contributed by atoms with Crippen molar-refractivity contribution in [2.24, 2.45) is 0 Å². The molecule has 0 N–H and O–H groups in total. The molecule has 0 aliphatic rings. The second-order valence-corrected chi connectivity index (χ2v) is 4.45. The summed E-state index contributed by atoms with van der Waals surface area (Å²) in [5.41, 5.74) is 3.08. The first-order chi connectivity index (χ1) is 9.83. The molecule has 0 aliphatic carbocycles. The van der Waals surface area contributed by atoms with Crippen LogP contribution >= 0.6 is 0 Å². The highest BCUT2D eigenvalue weighted by Crippen LogP contribution is 2.38. The first kappa shape index (κ1) is 12.5. The van der Waals surface area contributed by atoms with Gasteiger partial charge in [-0.05, 0) is 29.8 Å². The highest BCUT2D eigenvalue weighted by Gasteiger charge is 2.11. The molecule has 0 saturated carbocycles. The van der Waals surface area contributed by atoms with Crippen molar-refractivity contribution in [3.63, 3.8) is 0 Å². The first-order valence-electron chi connectivity index (χ1n) is 6.39. The lowest BCUT2D eigenvalue weighted by atomic mass is 10.0. The van der Waals surface area contributed by atoms with Gasteiger partial charge in [-0.25, -0.2) is 0 Å². The number of para-hydroxylation sites is 1. The van der Waals surface area contributed by atoms with Crippen molar-refractivity contribution >= 4 is 10.9 Å². The smallest absolute Gasteiger partial charge is 0.168 e. The molecule has 1 heterocycles. The van der Waals surface area contributed by atoms with Crippen molar-refractivity contribution in [3.8, 4) is 22.6 Å². The quantitative estimate of drug-likeness (QED) is 0.719. The van der Waals surface area contributed by atoms with Crippen molar-refractivity contribution in [2.45, 2.75) is 0 Å². The van der Waals surface area contributed by atoms with E-state index in [0.29, 0.717) is 0 Å². The third-order valence-corrected chi connectivity index (χ3v) is 3.32. The topological polar surface area (TPSA) is 31.4 Å². The fourth-order valence-electron chi connectivity index (χ4n) is 2.36. The number of hydrogen-bond acceptors (Lipinski definition) is 3. The van der Waals surface area contributed by atoms with Crippen LogP contribution in [-0.4, -0.2) is 19.2 Å². The van der Waals surface area contributed by atoms with E-state index in [1.165, 1.54) is 0 Å². The molecule has 1 aromatic heterocycles. The number of aromatic nitrogens is 1. The highest BCUT2D eigenvalue weighted by atomic mass is 16.5. The monoisotopic (exact) mass is 265 g/mol. The van der Waals surface area contributed by atoms with Gasteiger partial charge in [0.1, 0.15) is 0 Å². The Balaban J connectivity index is 2.20. The molecular weight excluding hydrogens is 250 g/mol. The summed E-state index contributed by atoms with van der Waals surface area (Å²) in [7, 11) is 3.30. The molecule has 3 heteroatoms. The second kappa shape index (κ2) is 5.21. The average molecular weight is 265 g/mol. The number of pyridine rings is 1. The summed E-state index contributed by atoms with van der Waals surface area (Å²) in [6.45, 7) is 0. The van der Waals surface area contributed by atoms with E-state index in [-0.39, 0.29) is 0 Å². The maximum absolute atomic E-state index is 5.49. The van der Waals surface area contributed by atoms with Crippen LogP contribution in [0.1, 0.15) is 0 Å². The standard InChI is InChI=1S/C17H15NO2/c1-19-16-7-3-6-14(17(16)20-2)12-8-9-15-13(11-12)5-4-10-18-15/h3-11H,1-2H3. The lowest BCUT2D eigenvalue weighted by molar-refractivity contribution is 0.356. The third kappa shape index (κ3) is 2.07. The molecule has 0 radical (unpaired) electrons. The molecule has 0 unspecified atom stereocenters. The van der Waals surface area contributed by atoms with Gasteiger partial charge in [-0.3, -0.25) is 4.98 Å². The Morgan fingerprint density at radius 2 is 1.80 bits per heavy atom. The first-order valence-corrected chi connectivity index (χ1v) is 6.39. The lowest BCUT2D eigenvalue weighted by Crippen LogP contribution is -1.93. The van der Waals surface area contributed by atoms with E-state index in [0.717, 1.165) is 33.5 Å². The molecule has 3 rings (SSSR count). The van der Waals surface area contributed by atoms with Gasteiger partial charge in [-0.2, -0.15) is 0 Å². The molecule has 0 saturated heterocycles. The van der Waals surface area contributed by atoms with Crippen LogP contribution < -0.4 is 9.47 Å². The van der Waals surface area contributed by atoms with Gasteiger partial charge in [0.25, 0.3) is 0 Å². The van der Waals surface area contributed by atoms with Gasteiger partial charge >= 0.3 is 0 Å². The van der Waals surface area contributed by atoms with Gasteiger partial charge in [0.2, 0.25) is 0 Å². The van der Waals surface area contributed by atoms with Crippen LogP contribution in [0, 0.1) is 0 Å². The Morgan fingerprint density at radius 1 is 0.900 bits per heavy atom. The summed E-state index contributed by atoms with van der Waals surface area (Å²) < 4.78 is 10.8. The zero-order chi connectivity index (χ0) is 13.9. The zero-order valence-electron chi connectivity index (χ0n) is 11.5. The summed E-state index contributed by atoms with van der Waals surface area (Å²) in [4.78, 5) is 4.34. The SMILES string of the molecule is COc1cccc(-c2ccc3ncccc3c2)c1OC. The summed E-state index contributed by atoms with van der Waals surface area (Å²) in [5, 5.41) is 1.11. The fraction of sp³-hybridized carbons (Fsp3) is 0.118. The minimum absolute atomic E-state index is 0.733. The second-order valence-electron chi connectivity index (χ2n) is 4.45. The van der Waals surface area contributed by atoms with Crippen molar-refractivity contribution in [1.29, 1.82) is 0 Å². The minimum Gasteiger partial charge on any atom is -0.493 e. The van der Waals surface area contributed by atoms with Crippen LogP contribution in [0.4, 0.5) is 0 Å². The Morgan fingerprint density at radius 3 is 2.60 bits per heavy atom. The van der Waals surface area contributed by atoms with Crippen LogP contribution in [0.25, 0.3) is 22.0 Å². The Kier molecular flexibility index (Phi) is 3.25. The molecule has 0 fully saturated rings. The average Bonchev–Trinajstić information content (AvgIpc) is 2.53. The maximum atomic E-state index is 5.49. The number of nitrogens with zero attached hydrogens (tertiary/aromatic N) is 1. The van der Waals surface area contributed by atoms with Crippen molar-refractivity contribution in [3.05, 3.63) is 54.7 Å². The summed E-state index contributed by atoms with van der Waals surface area (Å²) in [6, 6.07) is 16.1. The predicted octanol–water partition coefficient (Wildman–Crippen LogP) is 3.92. The number of benzene rings is 2. The molecule has 20 heavy (non-hydrogen) atoms. The number of methoxy groups -OCH3 is 2. The lowest BCUT2D eigenvalue weighted by Gasteiger charge is -2.13. The molecule has 0 aliphatic heterocycles. The van der Waals surface area contributed by atoms with E-state index in [2.05, 4.69) is 17.1 Å².